The van der Waals surface area contributed by atoms with E-state index in [1.165, 1.54) is 12.8 Å². The predicted octanol–water partition coefficient (Wildman–Crippen LogP) is 2.70. The van der Waals surface area contributed by atoms with Gasteiger partial charge < -0.3 is 4.74 Å². The fourth-order valence-electron chi connectivity index (χ4n) is 6.11. The summed E-state index contributed by atoms with van der Waals surface area (Å²) in [4.78, 5) is 0. The first-order chi connectivity index (χ1) is 7.33. The van der Waals surface area contributed by atoms with Gasteiger partial charge in [-0.2, -0.15) is 0 Å². The number of fused-ring (bicyclic) bond motifs is 8. The zero-order chi connectivity index (χ0) is 9.73. The molecule has 1 heteroatoms. The molecule has 0 aromatic carbocycles. The smallest absolute Gasteiger partial charge is 0.0844 e. The summed E-state index contributed by atoms with van der Waals surface area (Å²) in [5.41, 5.74) is 0. The summed E-state index contributed by atoms with van der Waals surface area (Å²) < 4.78 is 5.73. The van der Waals surface area contributed by atoms with E-state index >= 15 is 0 Å². The van der Waals surface area contributed by atoms with Gasteiger partial charge in [0.1, 0.15) is 0 Å². The van der Waals surface area contributed by atoms with Crippen LogP contribution in [0, 0.1) is 41.4 Å². The van der Waals surface area contributed by atoms with Crippen molar-refractivity contribution in [3.8, 4) is 0 Å². The normalized spacial score (nSPS) is 73.0. The molecule has 0 amide bonds. The molecule has 5 aliphatic rings. The first-order valence-electron chi connectivity index (χ1n) is 6.98. The lowest BCUT2D eigenvalue weighted by Gasteiger charge is -2.68. The van der Waals surface area contributed by atoms with Gasteiger partial charge in [0, 0.05) is 0 Å². The second-order valence-corrected chi connectivity index (χ2v) is 7.07. The highest BCUT2D eigenvalue weighted by Gasteiger charge is 2.70. The summed E-state index contributed by atoms with van der Waals surface area (Å²) in [6, 6.07) is 0. The lowest BCUT2D eigenvalue weighted by Crippen LogP contribution is -2.64. The number of ether oxygens (including phenoxy) is 1. The molecule has 0 spiro atoms. The Hall–Kier alpha value is -0.0400. The van der Waals surface area contributed by atoms with E-state index in [0.717, 1.165) is 41.4 Å². The predicted molar refractivity (Wildman–Crippen MR) is 57.2 cm³/mol. The SMILES string of the molecule is CC1CC2C(C1)C1C3CC4OC4CC3C21. The Labute approximate surface area is 91.6 Å². The zero-order valence-corrected chi connectivity index (χ0v) is 9.43. The van der Waals surface area contributed by atoms with Crippen LogP contribution < -0.4 is 0 Å². The third-order valence-corrected chi connectivity index (χ3v) is 6.57. The molecule has 1 saturated heterocycles. The van der Waals surface area contributed by atoms with E-state index in [0.29, 0.717) is 12.2 Å². The van der Waals surface area contributed by atoms with Gasteiger partial charge in [-0.3, -0.25) is 0 Å². The minimum Gasteiger partial charge on any atom is -0.370 e. The highest BCUT2D eigenvalue weighted by molar-refractivity contribution is 5.18. The van der Waals surface area contributed by atoms with Crippen molar-refractivity contribution < 1.29 is 4.74 Å². The molecule has 1 nitrogen and oxygen atoms in total. The number of hydrogen-bond donors (Lipinski definition) is 0. The fraction of sp³-hybridized carbons (Fsp3) is 1.00. The van der Waals surface area contributed by atoms with Crippen LogP contribution in [-0.4, -0.2) is 12.2 Å². The Morgan fingerprint density at radius 2 is 1.20 bits per heavy atom. The molecule has 4 aliphatic carbocycles. The molecule has 0 bridgehead atoms. The van der Waals surface area contributed by atoms with Crippen molar-refractivity contribution in [3.63, 3.8) is 0 Å². The molecule has 8 atom stereocenters. The minimum atomic E-state index is 0.713. The number of hydrogen-bond acceptors (Lipinski definition) is 1. The van der Waals surface area contributed by atoms with Gasteiger partial charge in [-0.05, 0) is 67.1 Å². The van der Waals surface area contributed by atoms with Gasteiger partial charge in [-0.1, -0.05) is 6.92 Å². The zero-order valence-electron chi connectivity index (χ0n) is 9.43. The molecule has 0 N–H and O–H groups in total. The summed E-state index contributed by atoms with van der Waals surface area (Å²) in [6.45, 7) is 2.47. The molecule has 5 rings (SSSR count). The molecule has 5 fully saturated rings. The Kier molecular flexibility index (Phi) is 1.24. The van der Waals surface area contributed by atoms with Gasteiger partial charge in [0.2, 0.25) is 0 Å². The maximum Gasteiger partial charge on any atom is 0.0844 e. The van der Waals surface area contributed by atoms with E-state index in [4.69, 9.17) is 4.74 Å². The molecule has 1 aliphatic heterocycles. The standard InChI is InChI=1S/C14H20O/c1-6-2-7-8(3-6)14-10-5-12-11(15-12)4-9(10)13(7)14/h6-14H,2-5H2,1H3. The maximum atomic E-state index is 5.73. The molecule has 15 heavy (non-hydrogen) atoms. The molecule has 0 radical (unpaired) electrons. The summed E-state index contributed by atoms with van der Waals surface area (Å²) >= 11 is 0. The largest absolute Gasteiger partial charge is 0.370 e. The van der Waals surface area contributed by atoms with E-state index in [1.807, 2.05) is 0 Å². The van der Waals surface area contributed by atoms with Crippen LogP contribution in [0.4, 0.5) is 0 Å². The molecule has 0 aromatic heterocycles. The van der Waals surface area contributed by atoms with E-state index in [9.17, 15) is 0 Å². The molecule has 0 aromatic rings. The molecule has 8 unspecified atom stereocenters. The minimum absolute atomic E-state index is 0.713. The molecule has 1 heterocycles. The van der Waals surface area contributed by atoms with Gasteiger partial charge in [-0.25, -0.2) is 0 Å². The van der Waals surface area contributed by atoms with Crippen LogP contribution >= 0.6 is 0 Å². The molecule has 4 saturated carbocycles. The van der Waals surface area contributed by atoms with Crippen molar-refractivity contribution in [1.82, 2.24) is 0 Å². The highest BCUT2D eigenvalue weighted by Crippen LogP contribution is 2.74. The van der Waals surface area contributed by atoms with Crippen molar-refractivity contribution in [2.24, 2.45) is 41.4 Å². The van der Waals surface area contributed by atoms with Crippen LogP contribution in [-0.2, 0) is 4.74 Å². The second kappa shape index (κ2) is 2.30. The van der Waals surface area contributed by atoms with E-state index in [-0.39, 0.29) is 0 Å². The van der Waals surface area contributed by atoms with Gasteiger partial charge in [0.05, 0.1) is 12.2 Å². The third-order valence-electron chi connectivity index (χ3n) is 6.57. The molecule has 82 valence electrons. The first-order valence-corrected chi connectivity index (χ1v) is 6.98. The van der Waals surface area contributed by atoms with Crippen LogP contribution in [0.5, 0.6) is 0 Å². The Morgan fingerprint density at radius 1 is 0.733 bits per heavy atom. The summed E-state index contributed by atoms with van der Waals surface area (Å²) in [7, 11) is 0. The second-order valence-electron chi connectivity index (χ2n) is 7.07. The van der Waals surface area contributed by atoms with Crippen molar-refractivity contribution in [1.29, 1.82) is 0 Å². The van der Waals surface area contributed by atoms with Crippen LogP contribution in [0.3, 0.4) is 0 Å². The average molecular weight is 204 g/mol. The van der Waals surface area contributed by atoms with E-state index in [1.54, 1.807) is 12.8 Å². The average Bonchev–Trinajstić information content (AvgIpc) is 2.86. The van der Waals surface area contributed by atoms with E-state index in [2.05, 4.69) is 6.92 Å². The highest BCUT2D eigenvalue weighted by atomic mass is 16.6. The number of epoxide rings is 1. The summed E-state index contributed by atoms with van der Waals surface area (Å²) in [6.07, 6.45) is 7.42. The quantitative estimate of drug-likeness (QED) is 0.553. The Bertz CT molecular complexity index is 295. The van der Waals surface area contributed by atoms with Crippen LogP contribution in [0.2, 0.25) is 0 Å². The molecular weight excluding hydrogens is 184 g/mol. The molecular formula is C14H20O. The number of rotatable bonds is 0. The Morgan fingerprint density at radius 3 is 1.73 bits per heavy atom. The van der Waals surface area contributed by atoms with Crippen molar-refractivity contribution in [2.75, 3.05) is 0 Å². The van der Waals surface area contributed by atoms with Gasteiger partial charge in [0.15, 0.2) is 0 Å². The third kappa shape index (κ3) is 0.800. The first kappa shape index (κ1) is 8.11. The van der Waals surface area contributed by atoms with Gasteiger partial charge >= 0.3 is 0 Å². The Balaban J connectivity index is 1.43. The summed E-state index contributed by atoms with van der Waals surface area (Å²) in [5, 5.41) is 0. The van der Waals surface area contributed by atoms with Crippen LogP contribution in [0.1, 0.15) is 32.6 Å². The van der Waals surface area contributed by atoms with E-state index < -0.39 is 0 Å². The summed E-state index contributed by atoms with van der Waals surface area (Å²) in [5.74, 6) is 7.88. The maximum absolute atomic E-state index is 5.73. The van der Waals surface area contributed by atoms with Crippen molar-refractivity contribution in [2.45, 2.75) is 44.8 Å². The van der Waals surface area contributed by atoms with Gasteiger partial charge in [-0.15, -0.1) is 0 Å². The van der Waals surface area contributed by atoms with Gasteiger partial charge in [0.25, 0.3) is 0 Å². The fourth-order valence-corrected chi connectivity index (χ4v) is 6.11. The lowest BCUT2D eigenvalue weighted by atomic mass is 9.36. The monoisotopic (exact) mass is 204 g/mol. The van der Waals surface area contributed by atoms with Crippen LogP contribution in [0.25, 0.3) is 0 Å². The van der Waals surface area contributed by atoms with Crippen LogP contribution in [0.15, 0.2) is 0 Å². The van der Waals surface area contributed by atoms with Crippen molar-refractivity contribution in [3.05, 3.63) is 0 Å². The topological polar surface area (TPSA) is 12.5 Å². The van der Waals surface area contributed by atoms with Crippen molar-refractivity contribution >= 4 is 0 Å². The lowest BCUT2D eigenvalue weighted by molar-refractivity contribution is -0.202.